The molecule has 0 saturated carbocycles. The first kappa shape index (κ1) is 13.1. The lowest BCUT2D eigenvalue weighted by Crippen LogP contribution is -2.11. The molecule has 84 valence electrons. The van der Waals surface area contributed by atoms with Crippen molar-refractivity contribution in [3.05, 3.63) is 28.2 Å². The molecule has 1 atom stereocenters. The molecule has 0 radical (unpaired) electrons. The van der Waals surface area contributed by atoms with Gasteiger partial charge >= 0.3 is 5.97 Å². The van der Waals surface area contributed by atoms with Gasteiger partial charge in [-0.2, -0.15) is 5.26 Å². The van der Waals surface area contributed by atoms with Gasteiger partial charge in [-0.25, -0.2) is 0 Å². The van der Waals surface area contributed by atoms with Crippen LogP contribution in [0.15, 0.2) is 27.6 Å². The lowest BCUT2D eigenvalue weighted by atomic mass is 10.2. The van der Waals surface area contributed by atoms with Gasteiger partial charge in [0.05, 0.1) is 11.5 Å². The Kier molecular flexibility index (Phi) is 4.84. The zero-order valence-corrected chi connectivity index (χ0v) is 11.0. The second-order valence-corrected chi connectivity index (χ2v) is 5.28. The van der Waals surface area contributed by atoms with E-state index < -0.39 is 11.9 Å². The Morgan fingerprint density at radius 2 is 2.38 bits per heavy atom. The van der Waals surface area contributed by atoms with Gasteiger partial charge in [0.15, 0.2) is 0 Å². The van der Waals surface area contributed by atoms with Gasteiger partial charge in [0.25, 0.3) is 0 Å². The predicted molar refractivity (Wildman–Crippen MR) is 66.4 cm³/mol. The number of hydrogen-bond acceptors (Lipinski definition) is 3. The molecule has 5 heteroatoms. The topological polar surface area (TPSA) is 61.1 Å². The third-order valence-corrected chi connectivity index (χ3v) is 3.78. The van der Waals surface area contributed by atoms with Crippen LogP contribution in [0.1, 0.15) is 12.5 Å². The quantitative estimate of drug-likeness (QED) is 0.868. The molecule has 1 aromatic carbocycles. The predicted octanol–water partition coefficient (Wildman–Crippen LogP) is 3.13. The standard InChI is InChI=1S/C11H10BrNO2S/c1-7(11(14)15)6-16-10-4-9(12)3-2-8(10)5-13/h2-4,7H,6H2,1H3,(H,14,15). The molecule has 0 aliphatic heterocycles. The first-order valence-corrected chi connectivity index (χ1v) is 6.37. The van der Waals surface area contributed by atoms with Gasteiger partial charge in [0.2, 0.25) is 0 Å². The highest BCUT2D eigenvalue weighted by atomic mass is 79.9. The molecule has 1 N–H and O–H groups in total. The number of rotatable bonds is 4. The summed E-state index contributed by atoms with van der Waals surface area (Å²) < 4.78 is 0.886. The fourth-order valence-electron chi connectivity index (χ4n) is 0.994. The van der Waals surface area contributed by atoms with Crippen LogP contribution in [0.4, 0.5) is 0 Å². The Bertz CT molecular complexity index is 442. The van der Waals surface area contributed by atoms with Crippen molar-refractivity contribution >= 4 is 33.7 Å². The monoisotopic (exact) mass is 299 g/mol. The molecule has 0 heterocycles. The van der Waals surface area contributed by atoms with E-state index in [4.69, 9.17) is 10.4 Å². The maximum absolute atomic E-state index is 10.7. The van der Waals surface area contributed by atoms with Crippen molar-refractivity contribution in [2.24, 2.45) is 5.92 Å². The molecule has 0 bridgehead atoms. The smallest absolute Gasteiger partial charge is 0.307 e. The van der Waals surface area contributed by atoms with Crippen molar-refractivity contribution in [3.63, 3.8) is 0 Å². The zero-order chi connectivity index (χ0) is 12.1. The number of carboxylic acid groups (broad SMARTS) is 1. The van der Waals surface area contributed by atoms with Crippen molar-refractivity contribution in [1.29, 1.82) is 5.26 Å². The van der Waals surface area contributed by atoms with Gasteiger partial charge in [-0.3, -0.25) is 4.79 Å². The number of thioether (sulfide) groups is 1. The Morgan fingerprint density at radius 3 is 2.94 bits per heavy atom. The fraction of sp³-hybridized carbons (Fsp3) is 0.273. The molecule has 1 rings (SSSR count). The molecule has 16 heavy (non-hydrogen) atoms. The van der Waals surface area contributed by atoms with Gasteiger partial charge in [-0.05, 0) is 18.2 Å². The average Bonchev–Trinajstić information content (AvgIpc) is 2.25. The van der Waals surface area contributed by atoms with Crippen molar-refractivity contribution in [1.82, 2.24) is 0 Å². The number of aliphatic carboxylic acids is 1. The second-order valence-electron chi connectivity index (χ2n) is 3.30. The van der Waals surface area contributed by atoms with E-state index in [0.717, 1.165) is 9.37 Å². The highest BCUT2D eigenvalue weighted by molar-refractivity contribution is 9.10. The van der Waals surface area contributed by atoms with Crippen molar-refractivity contribution in [3.8, 4) is 6.07 Å². The van der Waals surface area contributed by atoms with Crippen molar-refractivity contribution in [2.45, 2.75) is 11.8 Å². The maximum atomic E-state index is 10.7. The van der Waals surface area contributed by atoms with Crippen LogP contribution in [-0.2, 0) is 4.79 Å². The molecule has 1 unspecified atom stereocenters. The normalized spacial score (nSPS) is 11.8. The molecule has 1 aromatic rings. The average molecular weight is 300 g/mol. The number of nitrogens with zero attached hydrogens (tertiary/aromatic N) is 1. The van der Waals surface area contributed by atoms with Crippen LogP contribution in [0.2, 0.25) is 0 Å². The van der Waals surface area contributed by atoms with Crippen LogP contribution in [0, 0.1) is 17.2 Å². The number of halogens is 1. The highest BCUT2D eigenvalue weighted by Crippen LogP contribution is 2.27. The van der Waals surface area contributed by atoms with E-state index in [2.05, 4.69) is 22.0 Å². The summed E-state index contributed by atoms with van der Waals surface area (Å²) in [6.45, 7) is 1.65. The summed E-state index contributed by atoms with van der Waals surface area (Å²) in [5.41, 5.74) is 0.575. The number of benzene rings is 1. The molecule has 0 spiro atoms. The summed E-state index contributed by atoms with van der Waals surface area (Å²) in [5, 5.41) is 17.6. The minimum Gasteiger partial charge on any atom is -0.481 e. The zero-order valence-electron chi connectivity index (χ0n) is 8.61. The molecule has 0 fully saturated rings. The molecular weight excluding hydrogens is 290 g/mol. The highest BCUT2D eigenvalue weighted by Gasteiger charge is 2.12. The summed E-state index contributed by atoms with van der Waals surface area (Å²) in [7, 11) is 0. The number of nitriles is 1. The Labute approximate surface area is 107 Å². The van der Waals surface area contributed by atoms with E-state index in [0.29, 0.717) is 11.3 Å². The molecule has 0 saturated heterocycles. The van der Waals surface area contributed by atoms with Gasteiger partial charge in [-0.1, -0.05) is 22.9 Å². The summed E-state index contributed by atoms with van der Waals surface area (Å²) in [6, 6.07) is 7.43. The van der Waals surface area contributed by atoms with E-state index in [1.807, 2.05) is 6.07 Å². The van der Waals surface area contributed by atoms with Crippen molar-refractivity contribution in [2.75, 3.05) is 5.75 Å². The molecule has 3 nitrogen and oxygen atoms in total. The molecule has 0 aromatic heterocycles. The number of carbonyl (C=O) groups is 1. The minimum absolute atomic E-state index is 0.421. The van der Waals surface area contributed by atoms with Crippen LogP contribution in [0.25, 0.3) is 0 Å². The Hall–Kier alpha value is -0.990. The van der Waals surface area contributed by atoms with Crippen LogP contribution in [0.3, 0.4) is 0 Å². The van der Waals surface area contributed by atoms with E-state index in [1.54, 1.807) is 19.1 Å². The molecule has 0 aliphatic carbocycles. The third-order valence-electron chi connectivity index (χ3n) is 1.97. The molecular formula is C11H10BrNO2S. The van der Waals surface area contributed by atoms with E-state index >= 15 is 0 Å². The van der Waals surface area contributed by atoms with E-state index in [1.165, 1.54) is 11.8 Å². The number of hydrogen-bond donors (Lipinski definition) is 1. The minimum atomic E-state index is -0.819. The van der Waals surface area contributed by atoms with Gasteiger partial charge in [0.1, 0.15) is 6.07 Å². The summed E-state index contributed by atoms with van der Waals surface area (Å²) >= 11 is 4.71. The summed E-state index contributed by atoms with van der Waals surface area (Å²) in [5.74, 6) is -0.781. The molecule has 0 aliphatic rings. The lowest BCUT2D eigenvalue weighted by molar-refractivity contribution is -0.140. The number of carboxylic acids is 1. The van der Waals surface area contributed by atoms with Crippen LogP contribution >= 0.6 is 27.7 Å². The summed E-state index contributed by atoms with van der Waals surface area (Å²) in [6.07, 6.45) is 0. The summed E-state index contributed by atoms with van der Waals surface area (Å²) in [4.78, 5) is 11.5. The van der Waals surface area contributed by atoms with Crippen LogP contribution in [-0.4, -0.2) is 16.8 Å². The van der Waals surface area contributed by atoms with E-state index in [9.17, 15) is 4.79 Å². The largest absolute Gasteiger partial charge is 0.481 e. The van der Waals surface area contributed by atoms with Gasteiger partial charge < -0.3 is 5.11 Å². The second kappa shape index (κ2) is 5.92. The first-order valence-electron chi connectivity index (χ1n) is 4.60. The van der Waals surface area contributed by atoms with Gasteiger partial charge in [0, 0.05) is 15.1 Å². The maximum Gasteiger partial charge on any atom is 0.307 e. The lowest BCUT2D eigenvalue weighted by Gasteiger charge is -2.07. The van der Waals surface area contributed by atoms with Crippen molar-refractivity contribution < 1.29 is 9.90 Å². The first-order chi connectivity index (χ1) is 7.54. The van der Waals surface area contributed by atoms with Crippen LogP contribution in [0.5, 0.6) is 0 Å². The van der Waals surface area contributed by atoms with E-state index in [-0.39, 0.29) is 0 Å². The Morgan fingerprint density at radius 1 is 1.69 bits per heavy atom. The fourth-order valence-corrected chi connectivity index (χ4v) is 2.56. The Balaban J connectivity index is 2.77. The van der Waals surface area contributed by atoms with Crippen LogP contribution < -0.4 is 0 Å². The third kappa shape index (κ3) is 3.54. The van der Waals surface area contributed by atoms with Gasteiger partial charge in [-0.15, -0.1) is 11.8 Å². The SMILES string of the molecule is CC(CSc1cc(Br)ccc1C#N)C(=O)O. The molecule has 0 amide bonds.